The summed E-state index contributed by atoms with van der Waals surface area (Å²) in [6.07, 6.45) is -0.586. The van der Waals surface area contributed by atoms with E-state index in [9.17, 15) is 19.8 Å². The van der Waals surface area contributed by atoms with Crippen LogP contribution in [0.2, 0.25) is 0 Å². The van der Waals surface area contributed by atoms with Gasteiger partial charge in [-0.3, -0.25) is 4.90 Å². The molecule has 0 saturated carbocycles. The summed E-state index contributed by atoms with van der Waals surface area (Å²) in [4.78, 5) is 24.7. The van der Waals surface area contributed by atoms with Crippen LogP contribution in [0, 0.1) is 0 Å². The molecule has 126 valence electrons. The van der Waals surface area contributed by atoms with Crippen molar-refractivity contribution in [3.05, 3.63) is 65.7 Å². The third-order valence-electron chi connectivity index (χ3n) is 3.61. The minimum Gasteiger partial charge on any atom is -0.508 e. The van der Waals surface area contributed by atoms with Crippen LogP contribution in [0.3, 0.4) is 0 Å². The first-order chi connectivity index (χ1) is 11.5. The smallest absolute Gasteiger partial charge is 0.410 e. The zero-order valence-corrected chi connectivity index (χ0v) is 13.3. The number of hydrogen-bond donors (Lipinski definition) is 2. The van der Waals surface area contributed by atoms with Gasteiger partial charge < -0.3 is 14.9 Å². The molecule has 2 aromatic carbocycles. The Kier molecular flexibility index (Phi) is 5.78. The summed E-state index contributed by atoms with van der Waals surface area (Å²) in [5, 5.41) is 18.7. The number of amides is 1. The molecule has 2 N–H and O–H groups in total. The minimum absolute atomic E-state index is 0.0789. The van der Waals surface area contributed by atoms with Gasteiger partial charge in [-0.05, 0) is 23.3 Å². The van der Waals surface area contributed by atoms with Crippen molar-refractivity contribution in [1.29, 1.82) is 0 Å². The first-order valence-corrected chi connectivity index (χ1v) is 7.41. The zero-order chi connectivity index (χ0) is 17.5. The molecule has 0 aliphatic carbocycles. The van der Waals surface area contributed by atoms with E-state index in [4.69, 9.17) is 4.74 Å². The quantitative estimate of drug-likeness (QED) is 0.851. The number of nitrogens with zero attached hydrogens (tertiary/aromatic N) is 1. The van der Waals surface area contributed by atoms with Gasteiger partial charge in [-0.2, -0.15) is 0 Å². The molecule has 0 spiro atoms. The highest BCUT2D eigenvalue weighted by Gasteiger charge is 2.27. The number of carboxylic acid groups (broad SMARTS) is 1. The maximum Gasteiger partial charge on any atom is 0.410 e. The van der Waals surface area contributed by atoms with E-state index >= 15 is 0 Å². The van der Waals surface area contributed by atoms with Crippen molar-refractivity contribution in [3.63, 3.8) is 0 Å². The van der Waals surface area contributed by atoms with Crippen LogP contribution in [0.25, 0.3) is 0 Å². The summed E-state index contributed by atoms with van der Waals surface area (Å²) >= 11 is 0. The number of rotatable bonds is 6. The van der Waals surface area contributed by atoms with Crippen LogP contribution in [0.15, 0.2) is 54.6 Å². The van der Waals surface area contributed by atoms with Crippen molar-refractivity contribution in [3.8, 4) is 5.75 Å². The SMILES string of the molecule is CN(C(=O)OCc1ccccc1)C(Cc1ccc(O)cc1)C(=O)O. The Bertz CT molecular complexity index is 684. The maximum atomic E-state index is 12.1. The van der Waals surface area contributed by atoms with E-state index in [-0.39, 0.29) is 18.8 Å². The number of aliphatic carboxylic acids is 1. The van der Waals surface area contributed by atoms with Crippen LogP contribution in [0.5, 0.6) is 5.75 Å². The molecule has 0 bridgehead atoms. The molecular formula is C18H19NO5. The lowest BCUT2D eigenvalue weighted by molar-refractivity contribution is -0.142. The Balaban J connectivity index is 1.99. The van der Waals surface area contributed by atoms with Crippen molar-refractivity contribution in [2.75, 3.05) is 7.05 Å². The predicted octanol–water partition coefficient (Wildman–Crippen LogP) is 2.66. The van der Waals surface area contributed by atoms with E-state index in [2.05, 4.69) is 0 Å². The zero-order valence-electron chi connectivity index (χ0n) is 13.3. The number of phenols is 1. The molecule has 0 aliphatic heterocycles. The molecule has 0 radical (unpaired) electrons. The minimum atomic E-state index is -1.12. The molecule has 24 heavy (non-hydrogen) atoms. The van der Waals surface area contributed by atoms with E-state index in [0.29, 0.717) is 5.56 Å². The fourth-order valence-corrected chi connectivity index (χ4v) is 2.19. The number of carbonyl (C=O) groups excluding carboxylic acids is 1. The number of hydrogen-bond acceptors (Lipinski definition) is 4. The van der Waals surface area contributed by atoms with Crippen molar-refractivity contribution in [2.45, 2.75) is 19.1 Å². The highest BCUT2D eigenvalue weighted by molar-refractivity contribution is 5.80. The first-order valence-electron chi connectivity index (χ1n) is 7.41. The summed E-state index contributed by atoms with van der Waals surface area (Å²) < 4.78 is 5.16. The third kappa shape index (κ3) is 4.74. The Morgan fingerprint density at radius 2 is 1.67 bits per heavy atom. The first kappa shape index (κ1) is 17.3. The Hall–Kier alpha value is -3.02. The lowest BCUT2D eigenvalue weighted by atomic mass is 10.1. The maximum absolute atomic E-state index is 12.1. The normalized spacial score (nSPS) is 11.5. The second kappa shape index (κ2) is 8.01. The van der Waals surface area contributed by atoms with Gasteiger partial charge in [0.15, 0.2) is 0 Å². The Morgan fingerprint density at radius 1 is 1.04 bits per heavy atom. The molecule has 0 fully saturated rings. The summed E-state index contributed by atoms with van der Waals surface area (Å²) in [5.41, 5.74) is 1.52. The van der Waals surface area contributed by atoms with E-state index in [1.165, 1.54) is 19.2 Å². The van der Waals surface area contributed by atoms with Crippen LogP contribution in [-0.2, 0) is 22.6 Å². The topological polar surface area (TPSA) is 87.1 Å². The highest BCUT2D eigenvalue weighted by Crippen LogP contribution is 2.14. The van der Waals surface area contributed by atoms with Crippen molar-refractivity contribution in [2.24, 2.45) is 0 Å². The summed E-state index contributed by atoms with van der Waals surface area (Å²) in [6.45, 7) is 0.0789. The standard InChI is InChI=1S/C18H19NO5/c1-19(18(23)24-12-14-5-3-2-4-6-14)16(17(21)22)11-13-7-9-15(20)10-8-13/h2-10,16,20H,11-12H2,1H3,(H,21,22). The van der Waals surface area contributed by atoms with E-state index < -0.39 is 18.1 Å². The molecule has 0 saturated heterocycles. The molecule has 1 unspecified atom stereocenters. The average molecular weight is 329 g/mol. The molecule has 6 heteroatoms. The van der Waals surface area contributed by atoms with E-state index in [1.54, 1.807) is 12.1 Å². The van der Waals surface area contributed by atoms with Crippen molar-refractivity contribution in [1.82, 2.24) is 4.90 Å². The summed E-state index contributed by atoms with van der Waals surface area (Å²) in [6, 6.07) is 14.3. The van der Waals surface area contributed by atoms with Gasteiger partial charge in [0.2, 0.25) is 0 Å². The van der Waals surface area contributed by atoms with Crippen LogP contribution in [0.1, 0.15) is 11.1 Å². The van der Waals surface area contributed by atoms with Crippen molar-refractivity contribution < 1.29 is 24.5 Å². The number of ether oxygens (including phenoxy) is 1. The average Bonchev–Trinajstić information content (AvgIpc) is 2.59. The second-order valence-electron chi connectivity index (χ2n) is 5.38. The number of aromatic hydroxyl groups is 1. The molecule has 2 rings (SSSR count). The van der Waals surface area contributed by atoms with E-state index in [1.807, 2.05) is 30.3 Å². The lowest BCUT2D eigenvalue weighted by Crippen LogP contribution is -2.44. The molecular weight excluding hydrogens is 310 g/mol. The highest BCUT2D eigenvalue weighted by atomic mass is 16.6. The number of phenolic OH excluding ortho intramolecular Hbond substituents is 1. The summed E-state index contributed by atoms with van der Waals surface area (Å²) in [7, 11) is 1.40. The molecule has 6 nitrogen and oxygen atoms in total. The van der Waals surface area contributed by atoms with Gasteiger partial charge in [0.25, 0.3) is 0 Å². The van der Waals surface area contributed by atoms with Gasteiger partial charge in [-0.1, -0.05) is 42.5 Å². The van der Waals surface area contributed by atoms with Crippen LogP contribution in [0.4, 0.5) is 4.79 Å². The monoisotopic (exact) mass is 329 g/mol. The predicted molar refractivity (Wildman–Crippen MR) is 87.6 cm³/mol. The fourth-order valence-electron chi connectivity index (χ4n) is 2.19. The molecule has 0 aromatic heterocycles. The number of carbonyl (C=O) groups is 2. The van der Waals surface area contributed by atoms with Crippen LogP contribution >= 0.6 is 0 Å². The Labute approximate surface area is 139 Å². The van der Waals surface area contributed by atoms with Gasteiger partial charge in [-0.15, -0.1) is 0 Å². The fraction of sp³-hybridized carbons (Fsp3) is 0.222. The van der Waals surface area contributed by atoms with Gasteiger partial charge in [-0.25, -0.2) is 9.59 Å². The molecule has 2 aromatic rings. The van der Waals surface area contributed by atoms with Crippen LogP contribution in [-0.4, -0.2) is 40.3 Å². The summed E-state index contributed by atoms with van der Waals surface area (Å²) in [5.74, 6) is -1.02. The third-order valence-corrected chi connectivity index (χ3v) is 3.61. The Morgan fingerprint density at radius 3 is 2.25 bits per heavy atom. The van der Waals surface area contributed by atoms with Gasteiger partial charge in [0, 0.05) is 13.5 Å². The van der Waals surface area contributed by atoms with Gasteiger partial charge >= 0.3 is 12.1 Å². The molecule has 0 aliphatic rings. The number of benzene rings is 2. The van der Waals surface area contributed by atoms with Gasteiger partial charge in [0.05, 0.1) is 0 Å². The second-order valence-corrected chi connectivity index (χ2v) is 5.38. The largest absolute Gasteiger partial charge is 0.508 e. The number of likely N-dealkylation sites (N-methyl/N-ethyl adjacent to an activating group) is 1. The van der Waals surface area contributed by atoms with Crippen LogP contribution < -0.4 is 0 Å². The molecule has 1 amide bonds. The van der Waals surface area contributed by atoms with E-state index in [0.717, 1.165) is 10.5 Å². The van der Waals surface area contributed by atoms with Crippen molar-refractivity contribution >= 4 is 12.1 Å². The lowest BCUT2D eigenvalue weighted by Gasteiger charge is -2.24. The van der Waals surface area contributed by atoms with Gasteiger partial charge in [0.1, 0.15) is 18.4 Å². The molecule has 0 heterocycles. The number of carboxylic acids is 1. The molecule has 1 atom stereocenters.